The van der Waals surface area contributed by atoms with E-state index in [9.17, 15) is 0 Å². The lowest BCUT2D eigenvalue weighted by molar-refractivity contribution is 0.775. The zero-order valence-corrected chi connectivity index (χ0v) is 11.6. The van der Waals surface area contributed by atoms with Crippen LogP contribution in [0.25, 0.3) is 0 Å². The highest BCUT2D eigenvalue weighted by Crippen LogP contribution is 2.37. The van der Waals surface area contributed by atoms with Crippen molar-refractivity contribution in [3.8, 4) is 0 Å². The summed E-state index contributed by atoms with van der Waals surface area (Å²) < 4.78 is 1.00. The number of benzene rings is 1. The third-order valence-electron chi connectivity index (χ3n) is 3.03. The molecule has 1 fully saturated rings. The summed E-state index contributed by atoms with van der Waals surface area (Å²) in [7, 11) is 0. The maximum Gasteiger partial charge on any atom is 0.106 e. The molecule has 16 heavy (non-hydrogen) atoms. The highest BCUT2D eigenvalue weighted by atomic mass is 79.9. The van der Waals surface area contributed by atoms with E-state index in [1.54, 1.807) is 0 Å². The van der Waals surface area contributed by atoms with E-state index in [2.05, 4.69) is 28.2 Å². The predicted octanol–water partition coefficient (Wildman–Crippen LogP) is 3.29. The molecule has 2 atom stereocenters. The smallest absolute Gasteiger partial charge is 0.106 e. The Hall–Kier alpha value is -0.610. The summed E-state index contributed by atoms with van der Waals surface area (Å²) in [4.78, 5) is 0.442. The first-order valence-corrected chi connectivity index (χ1v) is 6.67. The summed E-state index contributed by atoms with van der Waals surface area (Å²) in [6.07, 6.45) is 2.49. The van der Waals surface area contributed by atoms with Gasteiger partial charge in [-0.3, -0.25) is 0 Å². The number of anilines is 1. The van der Waals surface area contributed by atoms with Gasteiger partial charge in [0.2, 0.25) is 0 Å². The van der Waals surface area contributed by atoms with Crippen LogP contribution in [0.3, 0.4) is 0 Å². The molecule has 2 nitrogen and oxygen atoms in total. The van der Waals surface area contributed by atoms with Crippen LogP contribution >= 0.6 is 28.1 Å². The van der Waals surface area contributed by atoms with Crippen LogP contribution in [-0.2, 0) is 0 Å². The molecular formula is C12H15BrN2S. The fourth-order valence-electron chi connectivity index (χ4n) is 1.92. The van der Waals surface area contributed by atoms with Gasteiger partial charge >= 0.3 is 0 Å². The van der Waals surface area contributed by atoms with E-state index in [0.717, 1.165) is 21.6 Å². The van der Waals surface area contributed by atoms with Crippen molar-refractivity contribution in [3.63, 3.8) is 0 Å². The van der Waals surface area contributed by atoms with Gasteiger partial charge < -0.3 is 11.1 Å². The summed E-state index contributed by atoms with van der Waals surface area (Å²) in [5.74, 6) is 0.808. The van der Waals surface area contributed by atoms with Gasteiger partial charge in [0.25, 0.3) is 0 Å². The van der Waals surface area contributed by atoms with E-state index < -0.39 is 0 Å². The Morgan fingerprint density at radius 3 is 2.94 bits per heavy atom. The minimum atomic E-state index is 0.442. The van der Waals surface area contributed by atoms with Gasteiger partial charge in [0, 0.05) is 21.8 Å². The monoisotopic (exact) mass is 298 g/mol. The van der Waals surface area contributed by atoms with E-state index in [-0.39, 0.29) is 0 Å². The number of thiocarbonyl (C=S) groups is 1. The number of hydrogen-bond acceptors (Lipinski definition) is 2. The number of halogens is 1. The van der Waals surface area contributed by atoms with Crippen molar-refractivity contribution >= 4 is 38.8 Å². The van der Waals surface area contributed by atoms with Crippen LogP contribution in [-0.4, -0.2) is 11.0 Å². The van der Waals surface area contributed by atoms with Crippen molar-refractivity contribution in [2.24, 2.45) is 11.7 Å². The molecule has 0 amide bonds. The molecule has 0 bridgehead atoms. The molecule has 1 aliphatic carbocycles. The highest BCUT2D eigenvalue weighted by molar-refractivity contribution is 9.10. The Balaban J connectivity index is 2.17. The summed E-state index contributed by atoms with van der Waals surface area (Å²) in [5, 5.41) is 3.51. The first kappa shape index (κ1) is 11.9. The number of nitrogens with two attached hydrogens (primary N) is 1. The summed E-state index contributed by atoms with van der Waals surface area (Å²) in [5.41, 5.74) is 7.69. The van der Waals surface area contributed by atoms with Crippen LogP contribution in [0.1, 0.15) is 25.3 Å². The zero-order valence-electron chi connectivity index (χ0n) is 9.16. The molecule has 2 rings (SSSR count). The van der Waals surface area contributed by atoms with Gasteiger partial charge in [0.15, 0.2) is 0 Å². The summed E-state index contributed by atoms with van der Waals surface area (Å²) in [6.45, 7) is 2.22. The van der Waals surface area contributed by atoms with Gasteiger partial charge in [-0.25, -0.2) is 0 Å². The van der Waals surface area contributed by atoms with Crippen molar-refractivity contribution in [2.45, 2.75) is 25.8 Å². The van der Waals surface area contributed by atoms with Crippen LogP contribution in [0, 0.1) is 5.92 Å². The molecule has 1 aromatic rings. The van der Waals surface area contributed by atoms with Crippen molar-refractivity contribution < 1.29 is 0 Å². The number of hydrogen-bond donors (Lipinski definition) is 2. The van der Waals surface area contributed by atoms with Crippen molar-refractivity contribution in [1.82, 2.24) is 0 Å². The van der Waals surface area contributed by atoms with Crippen molar-refractivity contribution in [3.05, 3.63) is 28.2 Å². The highest BCUT2D eigenvalue weighted by Gasteiger charge is 2.35. The quantitative estimate of drug-likeness (QED) is 0.838. The summed E-state index contributed by atoms with van der Waals surface area (Å²) in [6, 6.07) is 6.60. The Bertz CT molecular complexity index is 419. The molecule has 0 saturated heterocycles. The largest absolute Gasteiger partial charge is 0.389 e. The van der Waals surface area contributed by atoms with Gasteiger partial charge in [-0.05, 0) is 30.5 Å². The third-order valence-corrected chi connectivity index (χ3v) is 3.75. The number of rotatable bonds is 4. The van der Waals surface area contributed by atoms with Gasteiger partial charge in [-0.2, -0.15) is 0 Å². The standard InChI is InChI=1S/C12H15BrN2S/c1-2-7-5-11(7)15-10-4-3-8(13)6-9(10)12(14)16/h3-4,6-7,11,15H,2,5H2,1H3,(H2,14,16). The van der Waals surface area contributed by atoms with Crippen LogP contribution in [0.4, 0.5) is 5.69 Å². The van der Waals surface area contributed by atoms with E-state index in [0.29, 0.717) is 11.0 Å². The number of nitrogens with one attached hydrogen (secondary N) is 1. The van der Waals surface area contributed by atoms with Gasteiger partial charge in [0.1, 0.15) is 4.99 Å². The Kier molecular flexibility index (Phi) is 3.50. The topological polar surface area (TPSA) is 38.0 Å². The van der Waals surface area contributed by atoms with Crippen LogP contribution < -0.4 is 11.1 Å². The van der Waals surface area contributed by atoms with Gasteiger partial charge in [0.05, 0.1) is 0 Å². The van der Waals surface area contributed by atoms with Crippen molar-refractivity contribution in [1.29, 1.82) is 0 Å². The average molecular weight is 299 g/mol. The molecule has 2 unspecified atom stereocenters. The first-order valence-electron chi connectivity index (χ1n) is 5.47. The molecule has 0 heterocycles. The third kappa shape index (κ3) is 2.55. The SMILES string of the molecule is CCC1CC1Nc1ccc(Br)cc1C(N)=S. The van der Waals surface area contributed by atoms with E-state index in [1.807, 2.05) is 18.2 Å². The average Bonchev–Trinajstić information content (AvgIpc) is 2.99. The molecule has 0 spiro atoms. The second-order valence-electron chi connectivity index (χ2n) is 4.21. The maximum absolute atomic E-state index is 5.72. The lowest BCUT2D eigenvalue weighted by Crippen LogP contribution is -2.14. The lowest BCUT2D eigenvalue weighted by Gasteiger charge is -2.11. The van der Waals surface area contributed by atoms with Crippen LogP contribution in [0.2, 0.25) is 0 Å². The van der Waals surface area contributed by atoms with E-state index in [4.69, 9.17) is 18.0 Å². The first-order chi connectivity index (χ1) is 7.61. The van der Waals surface area contributed by atoms with Crippen molar-refractivity contribution in [2.75, 3.05) is 5.32 Å². The Morgan fingerprint density at radius 1 is 1.62 bits per heavy atom. The van der Waals surface area contributed by atoms with E-state index >= 15 is 0 Å². The maximum atomic E-state index is 5.72. The molecule has 1 saturated carbocycles. The molecule has 3 N–H and O–H groups in total. The molecule has 1 aromatic carbocycles. The minimum Gasteiger partial charge on any atom is -0.389 e. The zero-order chi connectivity index (χ0) is 11.7. The summed E-state index contributed by atoms with van der Waals surface area (Å²) >= 11 is 8.49. The van der Waals surface area contributed by atoms with Crippen LogP contribution in [0.15, 0.2) is 22.7 Å². The van der Waals surface area contributed by atoms with Crippen LogP contribution in [0.5, 0.6) is 0 Å². The van der Waals surface area contributed by atoms with Gasteiger partial charge in [-0.15, -0.1) is 0 Å². The Labute approximate surface area is 110 Å². The van der Waals surface area contributed by atoms with E-state index in [1.165, 1.54) is 12.8 Å². The molecule has 0 aliphatic heterocycles. The second kappa shape index (κ2) is 4.72. The molecule has 1 aliphatic rings. The minimum absolute atomic E-state index is 0.442. The molecule has 0 radical (unpaired) electrons. The fourth-order valence-corrected chi connectivity index (χ4v) is 2.45. The normalized spacial score (nSPS) is 22.9. The molecule has 86 valence electrons. The molecule has 4 heteroatoms. The second-order valence-corrected chi connectivity index (χ2v) is 5.56. The van der Waals surface area contributed by atoms with Gasteiger partial charge in [-0.1, -0.05) is 41.5 Å². The molecular weight excluding hydrogens is 284 g/mol. The lowest BCUT2D eigenvalue weighted by atomic mass is 10.1. The predicted molar refractivity (Wildman–Crippen MR) is 75.8 cm³/mol. The molecule has 0 aromatic heterocycles. The Morgan fingerprint density at radius 2 is 2.38 bits per heavy atom. The fraction of sp³-hybridized carbons (Fsp3) is 0.417.